The molecule has 0 bridgehead atoms. The van der Waals surface area contributed by atoms with E-state index in [0.29, 0.717) is 29.0 Å². The number of methoxy groups -OCH3 is 1. The molecule has 6 nitrogen and oxygen atoms in total. The first kappa shape index (κ1) is 23.5. The third-order valence-corrected chi connectivity index (χ3v) is 4.75. The zero-order valence-electron chi connectivity index (χ0n) is 17.9. The molecular formula is C23H29ClN2O4. The zero-order valence-corrected chi connectivity index (χ0v) is 18.6. The molecule has 0 fully saturated rings. The molecule has 2 amide bonds. The highest BCUT2D eigenvalue weighted by molar-refractivity contribution is 6.30. The number of ether oxygens (including phenoxy) is 2. The van der Waals surface area contributed by atoms with Gasteiger partial charge in [-0.1, -0.05) is 37.6 Å². The SMILES string of the molecule is COc1ccc(OCC(=O)N(Cc2cccc(Cl)c2)C(C)C(=O)NCC(C)C)cc1. The van der Waals surface area contributed by atoms with Crippen LogP contribution in [0.25, 0.3) is 0 Å². The van der Waals surface area contributed by atoms with Crippen molar-refractivity contribution in [2.45, 2.75) is 33.4 Å². The minimum Gasteiger partial charge on any atom is -0.497 e. The van der Waals surface area contributed by atoms with E-state index in [1.807, 2.05) is 26.0 Å². The second-order valence-corrected chi connectivity index (χ2v) is 7.87. The molecule has 2 aromatic rings. The van der Waals surface area contributed by atoms with Crippen molar-refractivity contribution >= 4 is 23.4 Å². The van der Waals surface area contributed by atoms with Crippen LogP contribution >= 0.6 is 11.6 Å². The molecule has 2 aromatic carbocycles. The van der Waals surface area contributed by atoms with E-state index in [0.717, 1.165) is 5.56 Å². The lowest BCUT2D eigenvalue weighted by molar-refractivity contribution is -0.142. The summed E-state index contributed by atoms with van der Waals surface area (Å²) in [7, 11) is 1.58. The summed E-state index contributed by atoms with van der Waals surface area (Å²) in [6.45, 7) is 6.36. The van der Waals surface area contributed by atoms with Crippen LogP contribution < -0.4 is 14.8 Å². The van der Waals surface area contributed by atoms with Gasteiger partial charge in [0, 0.05) is 18.1 Å². The molecule has 1 unspecified atom stereocenters. The number of rotatable bonds is 10. The molecule has 0 aromatic heterocycles. The zero-order chi connectivity index (χ0) is 22.1. The first-order chi connectivity index (χ1) is 14.3. The van der Waals surface area contributed by atoms with E-state index in [1.54, 1.807) is 50.4 Å². The Bertz CT molecular complexity index is 839. The van der Waals surface area contributed by atoms with E-state index in [-0.39, 0.29) is 25.0 Å². The number of carbonyl (C=O) groups excluding carboxylic acids is 2. The normalized spacial score (nSPS) is 11.7. The van der Waals surface area contributed by atoms with Crippen molar-refractivity contribution in [2.75, 3.05) is 20.3 Å². The minimum atomic E-state index is -0.658. The number of benzene rings is 2. The Kier molecular flexibility index (Phi) is 8.99. The van der Waals surface area contributed by atoms with Crippen LogP contribution in [-0.2, 0) is 16.1 Å². The Morgan fingerprint density at radius 1 is 1.07 bits per heavy atom. The van der Waals surface area contributed by atoms with Crippen molar-refractivity contribution in [1.82, 2.24) is 10.2 Å². The fourth-order valence-electron chi connectivity index (χ4n) is 2.77. The summed E-state index contributed by atoms with van der Waals surface area (Å²) in [6, 6.07) is 13.5. The molecule has 1 atom stereocenters. The molecule has 162 valence electrons. The van der Waals surface area contributed by atoms with Crippen LogP contribution in [-0.4, -0.2) is 43.0 Å². The van der Waals surface area contributed by atoms with Gasteiger partial charge in [0.1, 0.15) is 17.5 Å². The number of carbonyl (C=O) groups is 2. The minimum absolute atomic E-state index is 0.186. The summed E-state index contributed by atoms with van der Waals surface area (Å²) >= 11 is 6.08. The molecule has 0 radical (unpaired) electrons. The van der Waals surface area contributed by atoms with E-state index in [1.165, 1.54) is 4.90 Å². The number of amides is 2. The molecule has 1 N–H and O–H groups in total. The summed E-state index contributed by atoms with van der Waals surface area (Å²) in [5, 5.41) is 3.46. The van der Waals surface area contributed by atoms with E-state index < -0.39 is 6.04 Å². The van der Waals surface area contributed by atoms with Gasteiger partial charge in [-0.05, 0) is 54.8 Å². The highest BCUT2D eigenvalue weighted by Gasteiger charge is 2.26. The number of halogens is 1. The van der Waals surface area contributed by atoms with Crippen molar-refractivity contribution in [3.8, 4) is 11.5 Å². The fraction of sp³-hybridized carbons (Fsp3) is 0.391. The van der Waals surface area contributed by atoms with Crippen LogP contribution in [0.5, 0.6) is 11.5 Å². The van der Waals surface area contributed by atoms with Crippen LogP contribution in [0, 0.1) is 5.92 Å². The van der Waals surface area contributed by atoms with Crippen LogP contribution in [0.1, 0.15) is 26.3 Å². The largest absolute Gasteiger partial charge is 0.497 e. The molecule has 0 saturated heterocycles. The van der Waals surface area contributed by atoms with E-state index >= 15 is 0 Å². The maximum atomic E-state index is 13.0. The van der Waals surface area contributed by atoms with Crippen LogP contribution in [0.3, 0.4) is 0 Å². The van der Waals surface area contributed by atoms with Gasteiger partial charge in [-0.15, -0.1) is 0 Å². The van der Waals surface area contributed by atoms with Crippen LogP contribution in [0.15, 0.2) is 48.5 Å². The molecule has 0 spiro atoms. The highest BCUT2D eigenvalue weighted by atomic mass is 35.5. The second kappa shape index (κ2) is 11.5. The molecular weight excluding hydrogens is 404 g/mol. The molecule has 0 aliphatic carbocycles. The number of hydrogen-bond acceptors (Lipinski definition) is 4. The van der Waals surface area contributed by atoms with Crippen LogP contribution in [0.4, 0.5) is 0 Å². The van der Waals surface area contributed by atoms with Gasteiger partial charge < -0.3 is 19.7 Å². The van der Waals surface area contributed by atoms with Crippen molar-refractivity contribution in [3.63, 3.8) is 0 Å². The van der Waals surface area contributed by atoms with E-state index in [4.69, 9.17) is 21.1 Å². The first-order valence-corrected chi connectivity index (χ1v) is 10.3. The number of nitrogens with one attached hydrogen (secondary N) is 1. The van der Waals surface area contributed by atoms with Crippen molar-refractivity contribution in [3.05, 3.63) is 59.1 Å². The second-order valence-electron chi connectivity index (χ2n) is 7.43. The lowest BCUT2D eigenvalue weighted by atomic mass is 10.1. The Hall–Kier alpha value is -2.73. The fourth-order valence-corrected chi connectivity index (χ4v) is 2.98. The molecule has 0 aliphatic heterocycles. The predicted molar refractivity (Wildman–Crippen MR) is 118 cm³/mol. The van der Waals surface area contributed by atoms with Gasteiger partial charge in [-0.3, -0.25) is 9.59 Å². The standard InChI is InChI=1S/C23H29ClN2O4/c1-16(2)13-25-23(28)17(3)26(14-18-6-5-7-19(24)12-18)22(27)15-30-21-10-8-20(29-4)9-11-21/h5-12,16-17H,13-15H2,1-4H3,(H,25,28). The summed E-state index contributed by atoms with van der Waals surface area (Å²) in [4.78, 5) is 27.1. The van der Waals surface area contributed by atoms with Crippen molar-refractivity contribution in [2.24, 2.45) is 5.92 Å². The first-order valence-electron chi connectivity index (χ1n) is 9.88. The van der Waals surface area contributed by atoms with Gasteiger partial charge in [0.2, 0.25) is 5.91 Å². The van der Waals surface area contributed by atoms with Gasteiger partial charge in [-0.25, -0.2) is 0 Å². The number of hydrogen-bond donors (Lipinski definition) is 1. The topological polar surface area (TPSA) is 67.9 Å². The van der Waals surface area contributed by atoms with Crippen molar-refractivity contribution in [1.29, 1.82) is 0 Å². The molecule has 0 heterocycles. The Morgan fingerprint density at radius 3 is 2.33 bits per heavy atom. The van der Waals surface area contributed by atoms with Gasteiger partial charge in [0.25, 0.3) is 5.91 Å². The molecule has 7 heteroatoms. The maximum absolute atomic E-state index is 13.0. The third-order valence-electron chi connectivity index (χ3n) is 4.52. The van der Waals surface area contributed by atoms with Gasteiger partial charge in [0.05, 0.1) is 7.11 Å². The maximum Gasteiger partial charge on any atom is 0.261 e. The van der Waals surface area contributed by atoms with E-state index in [2.05, 4.69) is 5.32 Å². The lowest BCUT2D eigenvalue weighted by Gasteiger charge is -2.29. The summed E-state index contributed by atoms with van der Waals surface area (Å²) in [5.74, 6) is 1.06. The Labute approximate surface area is 183 Å². The summed E-state index contributed by atoms with van der Waals surface area (Å²) in [5.41, 5.74) is 0.837. The van der Waals surface area contributed by atoms with Crippen LogP contribution in [0.2, 0.25) is 5.02 Å². The Morgan fingerprint density at radius 2 is 1.73 bits per heavy atom. The average Bonchev–Trinajstić information content (AvgIpc) is 2.74. The smallest absolute Gasteiger partial charge is 0.261 e. The summed E-state index contributed by atoms with van der Waals surface area (Å²) < 4.78 is 10.8. The van der Waals surface area contributed by atoms with Gasteiger partial charge in [-0.2, -0.15) is 0 Å². The van der Waals surface area contributed by atoms with E-state index in [9.17, 15) is 9.59 Å². The number of nitrogens with zero attached hydrogens (tertiary/aromatic N) is 1. The van der Waals surface area contributed by atoms with Gasteiger partial charge in [0.15, 0.2) is 6.61 Å². The average molecular weight is 433 g/mol. The third kappa shape index (κ3) is 7.26. The van der Waals surface area contributed by atoms with Gasteiger partial charge >= 0.3 is 0 Å². The quantitative estimate of drug-likeness (QED) is 0.618. The lowest BCUT2D eigenvalue weighted by Crippen LogP contribution is -2.49. The molecule has 0 saturated carbocycles. The predicted octanol–water partition coefficient (Wildman–Crippen LogP) is 3.92. The van der Waals surface area contributed by atoms with Crippen molar-refractivity contribution < 1.29 is 19.1 Å². The molecule has 0 aliphatic rings. The highest BCUT2D eigenvalue weighted by Crippen LogP contribution is 2.18. The Balaban J connectivity index is 2.11. The molecule has 30 heavy (non-hydrogen) atoms. The summed E-state index contributed by atoms with van der Waals surface area (Å²) in [6.07, 6.45) is 0. The monoisotopic (exact) mass is 432 g/mol. The molecule has 2 rings (SSSR count).